The van der Waals surface area contributed by atoms with Crippen LogP contribution in [0, 0.1) is 0 Å². The third-order valence-corrected chi connectivity index (χ3v) is 4.37. The first-order chi connectivity index (χ1) is 11.5. The molecule has 0 spiro atoms. The minimum absolute atomic E-state index is 0.138. The molecule has 0 aliphatic rings. The molecule has 130 valence electrons. The highest BCUT2D eigenvalue weighted by atomic mass is 32.2. The van der Waals surface area contributed by atoms with Crippen LogP contribution in [0.2, 0.25) is 0 Å². The van der Waals surface area contributed by atoms with Crippen molar-refractivity contribution in [3.63, 3.8) is 0 Å². The number of thioether (sulfide) groups is 1. The minimum Gasteiger partial charge on any atom is -0.691 e. The maximum atomic E-state index is 13.1. The summed E-state index contributed by atoms with van der Waals surface area (Å²) in [7, 11) is 0. The van der Waals surface area contributed by atoms with Gasteiger partial charge in [-0.2, -0.15) is 13.1 Å². The van der Waals surface area contributed by atoms with Gasteiger partial charge in [0, 0.05) is 16.0 Å². The first-order valence-corrected chi connectivity index (χ1v) is 8.21. The Balaban J connectivity index is 1.89. The first-order valence-electron chi connectivity index (χ1n) is 6.48. The molecule has 0 fully saturated rings. The number of phenols is 1. The van der Waals surface area contributed by atoms with Crippen molar-refractivity contribution in [3.8, 4) is 5.75 Å². The predicted octanol–water partition coefficient (Wildman–Crippen LogP) is 2.65. The quantitative estimate of drug-likeness (QED) is 0.188. The van der Waals surface area contributed by atoms with Gasteiger partial charge in [-0.05, 0) is 17.5 Å². The zero-order valence-corrected chi connectivity index (χ0v) is 13.6. The molecule has 10 heteroatoms. The van der Waals surface area contributed by atoms with Crippen molar-refractivity contribution in [2.24, 2.45) is 0 Å². The lowest BCUT2D eigenvalue weighted by atomic mass is 10.1. The van der Waals surface area contributed by atoms with E-state index in [0.29, 0.717) is 5.39 Å². The molecule has 0 aliphatic carbocycles. The third-order valence-electron chi connectivity index (χ3n) is 2.84. The number of fused-ring (bicyclic) bond motifs is 1. The van der Waals surface area contributed by atoms with Crippen molar-refractivity contribution in [3.05, 3.63) is 36.4 Å². The van der Waals surface area contributed by atoms with Gasteiger partial charge in [-0.3, -0.25) is 5.04 Å². The highest BCUT2D eigenvalue weighted by Gasteiger charge is 2.43. The molecule has 0 radical (unpaired) electrons. The van der Waals surface area contributed by atoms with E-state index in [4.69, 9.17) is 0 Å². The highest BCUT2D eigenvalue weighted by Crippen LogP contribution is 2.33. The summed E-state index contributed by atoms with van der Waals surface area (Å²) < 4.78 is 34.1. The summed E-state index contributed by atoms with van der Waals surface area (Å²) in [6, 6.07) is 10.4. The van der Waals surface area contributed by atoms with E-state index in [1.54, 1.807) is 30.3 Å². The van der Waals surface area contributed by atoms with Gasteiger partial charge in [-0.1, -0.05) is 24.3 Å². The molecule has 0 amide bonds. The summed E-state index contributed by atoms with van der Waals surface area (Å²) in [6.45, 7) is -0.271. The molecule has 2 aromatic rings. The van der Waals surface area contributed by atoms with Crippen LogP contribution in [0.15, 0.2) is 41.3 Å². The summed E-state index contributed by atoms with van der Waals surface area (Å²) in [5.41, 5.74) is 0. The van der Waals surface area contributed by atoms with Crippen molar-refractivity contribution in [2.75, 3.05) is 12.4 Å². The number of hydrogen-bond acceptors (Lipinski definition) is 8. The Labute approximate surface area is 143 Å². The topological polar surface area (TPSA) is 88.1 Å². The molecule has 0 aliphatic heterocycles. The number of carbonyl (C=O) groups excluding carboxylic acids is 1. The van der Waals surface area contributed by atoms with Gasteiger partial charge < -0.3 is 15.1 Å². The summed E-state index contributed by atoms with van der Waals surface area (Å²) in [6.07, 6.45) is 0. The van der Waals surface area contributed by atoms with Gasteiger partial charge in [0.15, 0.2) is 0 Å². The zero-order chi connectivity index (χ0) is 17.6. The van der Waals surface area contributed by atoms with Crippen LogP contribution < -0.4 is 5.26 Å². The van der Waals surface area contributed by atoms with Crippen LogP contribution in [0.4, 0.5) is 8.78 Å². The molecule has 1 N–H and O–H groups in total. The largest absolute Gasteiger partial charge is 0.691 e. The van der Waals surface area contributed by atoms with Gasteiger partial charge in [0.25, 0.3) is 0 Å². The van der Waals surface area contributed by atoms with Gasteiger partial charge in [0.2, 0.25) is 0 Å². The molecule has 0 unspecified atom stereocenters. The molecule has 0 bridgehead atoms. The van der Waals surface area contributed by atoms with Crippen molar-refractivity contribution < 1.29 is 38.0 Å². The molecule has 2 aromatic carbocycles. The van der Waals surface area contributed by atoms with Gasteiger partial charge in [0.1, 0.15) is 24.4 Å². The lowest BCUT2D eigenvalue weighted by Crippen LogP contribution is -2.28. The molecule has 0 atom stereocenters. The van der Waals surface area contributed by atoms with E-state index in [1.807, 2.05) is 6.07 Å². The van der Waals surface area contributed by atoms with E-state index < -0.39 is 23.3 Å². The van der Waals surface area contributed by atoms with Crippen molar-refractivity contribution >= 4 is 40.5 Å². The Hall–Kier alpha value is -1.59. The number of hydrogen-bond donors (Lipinski definition) is 1. The molecule has 0 saturated heterocycles. The molecular formula is C14H11F2O6S2-. The van der Waals surface area contributed by atoms with Crippen molar-refractivity contribution in [1.29, 1.82) is 0 Å². The second-order valence-corrected chi connectivity index (χ2v) is 6.30. The number of halogens is 2. The van der Waals surface area contributed by atoms with Gasteiger partial charge >= 0.3 is 11.2 Å². The number of benzene rings is 2. The minimum atomic E-state index is -4.04. The van der Waals surface area contributed by atoms with E-state index in [9.17, 15) is 23.9 Å². The van der Waals surface area contributed by atoms with Crippen LogP contribution in [-0.4, -0.2) is 28.7 Å². The number of phenolic OH excluding ortho intramolecular Hbond substituents is 1. The number of ether oxygens (including phenoxy) is 1. The SMILES string of the molecule is O=C(OCCSc1cccc2c(O)cccc12)C(F)(F)SOO[O-]. The second-order valence-electron chi connectivity index (χ2n) is 4.35. The molecule has 24 heavy (non-hydrogen) atoms. The Morgan fingerprint density at radius 2 is 1.92 bits per heavy atom. The Morgan fingerprint density at radius 1 is 1.21 bits per heavy atom. The fourth-order valence-corrected chi connectivity index (χ4v) is 2.99. The number of rotatable bonds is 8. The lowest BCUT2D eigenvalue weighted by Gasteiger charge is -2.14. The monoisotopic (exact) mass is 377 g/mol. The maximum absolute atomic E-state index is 13.1. The standard InChI is InChI=1S/C14H12F2O6S2/c15-14(16,24-22-21-19)13(18)20-7-8-23-12-6-2-3-9-10(12)4-1-5-11(9)17/h1-6,17,19H,7-8H2/p-1. The van der Waals surface area contributed by atoms with Crippen LogP contribution in [0.25, 0.3) is 10.8 Å². The summed E-state index contributed by atoms with van der Waals surface area (Å²) in [5, 5.41) is 19.5. The molecule has 0 aromatic heterocycles. The van der Waals surface area contributed by atoms with E-state index in [1.165, 1.54) is 11.8 Å². The molecule has 0 saturated carbocycles. The average Bonchev–Trinajstić information content (AvgIpc) is 2.57. The third kappa shape index (κ3) is 4.71. The number of aromatic hydroxyl groups is 1. The number of esters is 1. The fraction of sp³-hybridized carbons (Fsp3) is 0.214. The molecule has 2 rings (SSSR count). The van der Waals surface area contributed by atoms with E-state index in [2.05, 4.69) is 14.1 Å². The number of alkyl halides is 2. The Morgan fingerprint density at radius 3 is 2.67 bits per heavy atom. The van der Waals surface area contributed by atoms with E-state index in [0.717, 1.165) is 10.3 Å². The van der Waals surface area contributed by atoms with Crippen molar-refractivity contribution in [2.45, 2.75) is 10.2 Å². The molecule has 6 nitrogen and oxygen atoms in total. The fourth-order valence-electron chi connectivity index (χ4n) is 1.85. The highest BCUT2D eigenvalue weighted by molar-refractivity contribution is 7.99. The second kappa shape index (κ2) is 8.49. The van der Waals surface area contributed by atoms with Crippen LogP contribution in [0.1, 0.15) is 0 Å². The summed E-state index contributed by atoms with van der Waals surface area (Å²) in [5.74, 6) is -1.47. The zero-order valence-electron chi connectivity index (χ0n) is 11.9. The van der Waals surface area contributed by atoms with Gasteiger partial charge in [-0.15, -0.1) is 11.8 Å². The van der Waals surface area contributed by atoms with E-state index >= 15 is 0 Å². The van der Waals surface area contributed by atoms with Crippen LogP contribution in [0.5, 0.6) is 5.75 Å². The van der Waals surface area contributed by atoms with Crippen LogP contribution >= 0.6 is 23.8 Å². The summed E-state index contributed by atoms with van der Waals surface area (Å²) >= 11 is 0.551. The van der Waals surface area contributed by atoms with Gasteiger partial charge in [-0.25, -0.2) is 4.79 Å². The first kappa shape index (κ1) is 18.7. The van der Waals surface area contributed by atoms with E-state index in [-0.39, 0.29) is 18.1 Å². The Bertz CT molecular complexity index is 713. The van der Waals surface area contributed by atoms with Crippen LogP contribution in [0.3, 0.4) is 0 Å². The summed E-state index contributed by atoms with van der Waals surface area (Å²) in [4.78, 5) is 12.0. The molecular weight excluding hydrogens is 366 g/mol. The number of carbonyl (C=O) groups is 1. The maximum Gasteiger partial charge on any atom is 0.415 e. The Kier molecular flexibility index (Phi) is 6.63. The van der Waals surface area contributed by atoms with Crippen molar-refractivity contribution in [1.82, 2.24) is 0 Å². The smallest absolute Gasteiger partial charge is 0.415 e. The van der Waals surface area contributed by atoms with Crippen LogP contribution in [-0.2, 0) is 18.9 Å². The lowest BCUT2D eigenvalue weighted by molar-refractivity contribution is -0.777. The average molecular weight is 377 g/mol. The predicted molar refractivity (Wildman–Crippen MR) is 82.0 cm³/mol. The van der Waals surface area contributed by atoms with Gasteiger partial charge in [0.05, 0.1) is 0 Å². The normalized spacial score (nSPS) is 11.6. The molecule has 0 heterocycles.